The summed E-state index contributed by atoms with van der Waals surface area (Å²) < 4.78 is 5.48. The van der Waals surface area contributed by atoms with Gasteiger partial charge in [0.25, 0.3) is 5.91 Å². The van der Waals surface area contributed by atoms with E-state index in [1.54, 1.807) is 18.3 Å². The molecule has 2 aromatic heterocycles. The van der Waals surface area contributed by atoms with Gasteiger partial charge in [-0.1, -0.05) is 0 Å². The van der Waals surface area contributed by atoms with E-state index in [0.717, 1.165) is 29.9 Å². The summed E-state index contributed by atoms with van der Waals surface area (Å²) in [4.78, 5) is 27.4. The van der Waals surface area contributed by atoms with Crippen molar-refractivity contribution < 1.29 is 9.53 Å². The number of pyridine rings is 1. The Bertz CT molecular complexity index is 666. The van der Waals surface area contributed by atoms with Gasteiger partial charge in [0, 0.05) is 35.9 Å². The predicted molar refractivity (Wildman–Crippen MR) is 81.7 cm³/mol. The maximum Gasteiger partial charge on any atom is 0.261 e. The highest BCUT2D eigenvalue weighted by Crippen LogP contribution is 2.27. The molecule has 110 valence electrons. The monoisotopic (exact) mass is 304 g/mol. The number of thiophene rings is 1. The number of H-pyrrole nitrogens is 1. The van der Waals surface area contributed by atoms with Crippen LogP contribution in [-0.4, -0.2) is 30.1 Å². The first kappa shape index (κ1) is 14.0. The summed E-state index contributed by atoms with van der Waals surface area (Å²) in [6.45, 7) is 1.35. The van der Waals surface area contributed by atoms with Gasteiger partial charge < -0.3 is 15.0 Å². The number of carbonyl (C=O) groups is 1. The van der Waals surface area contributed by atoms with Gasteiger partial charge in [-0.15, -0.1) is 11.3 Å². The molecule has 1 atom stereocenters. The van der Waals surface area contributed by atoms with Crippen molar-refractivity contribution >= 4 is 17.2 Å². The Morgan fingerprint density at radius 3 is 3.00 bits per heavy atom. The molecule has 0 spiro atoms. The minimum absolute atomic E-state index is 0.0776. The lowest BCUT2D eigenvalue weighted by Gasteiger charge is -2.09. The van der Waals surface area contributed by atoms with Crippen molar-refractivity contribution in [1.82, 2.24) is 10.3 Å². The molecule has 5 nitrogen and oxygen atoms in total. The van der Waals surface area contributed by atoms with Crippen molar-refractivity contribution in [3.05, 3.63) is 45.7 Å². The molecule has 1 aliphatic heterocycles. The quantitative estimate of drug-likeness (QED) is 0.907. The summed E-state index contributed by atoms with van der Waals surface area (Å²) in [5.74, 6) is -0.0776. The van der Waals surface area contributed by atoms with Crippen molar-refractivity contribution in [2.45, 2.75) is 18.9 Å². The van der Waals surface area contributed by atoms with Gasteiger partial charge in [-0.2, -0.15) is 0 Å². The van der Waals surface area contributed by atoms with E-state index in [-0.39, 0.29) is 17.6 Å². The topological polar surface area (TPSA) is 71.2 Å². The van der Waals surface area contributed by atoms with Crippen molar-refractivity contribution in [2.24, 2.45) is 0 Å². The zero-order chi connectivity index (χ0) is 14.7. The molecule has 2 N–H and O–H groups in total. The number of amides is 1. The van der Waals surface area contributed by atoms with E-state index in [0.29, 0.717) is 11.4 Å². The van der Waals surface area contributed by atoms with Crippen molar-refractivity contribution in [1.29, 1.82) is 0 Å². The number of aromatic nitrogens is 1. The van der Waals surface area contributed by atoms with Crippen LogP contribution in [0.15, 0.2) is 35.3 Å². The van der Waals surface area contributed by atoms with E-state index in [2.05, 4.69) is 10.3 Å². The van der Waals surface area contributed by atoms with Gasteiger partial charge in [0.15, 0.2) is 0 Å². The highest BCUT2D eigenvalue weighted by Gasteiger charge is 2.17. The van der Waals surface area contributed by atoms with Crippen LogP contribution in [0.1, 0.15) is 22.5 Å². The Hall–Kier alpha value is -1.92. The number of rotatable bonds is 4. The molecular formula is C15H16N2O3S. The molecule has 6 heteroatoms. The molecule has 3 rings (SSSR count). The molecule has 1 amide bonds. The van der Waals surface area contributed by atoms with Crippen LogP contribution in [0, 0.1) is 0 Å². The third-order valence-corrected chi connectivity index (χ3v) is 4.55. The van der Waals surface area contributed by atoms with Gasteiger partial charge in [0.2, 0.25) is 5.56 Å². The minimum Gasteiger partial charge on any atom is -0.376 e. The van der Waals surface area contributed by atoms with Gasteiger partial charge >= 0.3 is 0 Å². The van der Waals surface area contributed by atoms with Gasteiger partial charge in [-0.3, -0.25) is 9.59 Å². The van der Waals surface area contributed by atoms with Gasteiger partial charge in [-0.05, 0) is 31.0 Å². The molecule has 1 fully saturated rings. The van der Waals surface area contributed by atoms with Crippen molar-refractivity contribution in [2.75, 3.05) is 13.2 Å². The summed E-state index contributed by atoms with van der Waals surface area (Å²) in [5, 5.41) is 2.90. The fourth-order valence-electron chi connectivity index (χ4n) is 2.28. The number of ether oxygens (including phenoxy) is 1. The molecule has 21 heavy (non-hydrogen) atoms. The molecule has 0 aliphatic carbocycles. The first-order valence-electron chi connectivity index (χ1n) is 6.91. The standard InChI is InChI=1S/C15H16N2O3S/c18-14-6-3-10(8-16-14)12-4-5-13(21-12)15(19)17-9-11-2-1-7-20-11/h3-6,8,11H,1-2,7,9H2,(H,16,18)(H,17,19)/t11-/m1/s1. The van der Waals surface area contributed by atoms with E-state index in [4.69, 9.17) is 4.74 Å². The molecule has 3 heterocycles. The van der Waals surface area contributed by atoms with E-state index in [9.17, 15) is 9.59 Å². The first-order valence-corrected chi connectivity index (χ1v) is 7.73. The maximum absolute atomic E-state index is 12.1. The van der Waals surface area contributed by atoms with Gasteiger partial charge in [0.1, 0.15) is 0 Å². The maximum atomic E-state index is 12.1. The number of aromatic amines is 1. The molecular weight excluding hydrogens is 288 g/mol. The van der Waals surface area contributed by atoms with Crippen molar-refractivity contribution in [3.8, 4) is 10.4 Å². The lowest BCUT2D eigenvalue weighted by atomic mass is 10.2. The summed E-state index contributed by atoms with van der Waals surface area (Å²) in [6.07, 6.45) is 3.87. The Morgan fingerprint density at radius 1 is 1.38 bits per heavy atom. The molecule has 0 radical (unpaired) electrons. The zero-order valence-corrected chi connectivity index (χ0v) is 12.2. The molecule has 0 bridgehead atoms. The van der Waals surface area contributed by atoms with Crippen LogP contribution >= 0.6 is 11.3 Å². The SMILES string of the molecule is O=C(NC[C@H]1CCCO1)c1ccc(-c2ccc(=O)[nH]c2)s1. The largest absolute Gasteiger partial charge is 0.376 e. The van der Waals surface area contributed by atoms with Crippen LogP contribution in [0.25, 0.3) is 10.4 Å². The molecule has 0 saturated carbocycles. The third-order valence-electron chi connectivity index (χ3n) is 3.41. The van der Waals surface area contributed by atoms with Gasteiger partial charge in [-0.25, -0.2) is 0 Å². The van der Waals surface area contributed by atoms with Crippen molar-refractivity contribution in [3.63, 3.8) is 0 Å². The fourth-order valence-corrected chi connectivity index (χ4v) is 3.20. The van der Waals surface area contributed by atoms with E-state index < -0.39 is 0 Å². The van der Waals surface area contributed by atoms with Crippen LogP contribution in [0.3, 0.4) is 0 Å². The van der Waals surface area contributed by atoms with Crippen LogP contribution < -0.4 is 10.9 Å². The summed E-state index contributed by atoms with van der Waals surface area (Å²) >= 11 is 1.41. The average Bonchev–Trinajstić information content (AvgIpc) is 3.17. The number of carbonyl (C=O) groups excluding carboxylic acids is 1. The van der Waals surface area contributed by atoms with Crippen LogP contribution in [-0.2, 0) is 4.74 Å². The average molecular weight is 304 g/mol. The normalized spacial score (nSPS) is 17.8. The Labute approximate surface area is 126 Å². The lowest BCUT2D eigenvalue weighted by molar-refractivity contribution is 0.0861. The summed E-state index contributed by atoms with van der Waals surface area (Å²) in [6, 6.07) is 6.92. The highest BCUT2D eigenvalue weighted by atomic mass is 32.1. The third kappa shape index (κ3) is 3.40. The summed E-state index contributed by atoms with van der Waals surface area (Å²) in [7, 11) is 0. The van der Waals surface area contributed by atoms with Crippen LogP contribution in [0.4, 0.5) is 0 Å². The Kier molecular flexibility index (Phi) is 4.17. The van der Waals surface area contributed by atoms with Crippen LogP contribution in [0.2, 0.25) is 0 Å². The summed E-state index contributed by atoms with van der Waals surface area (Å²) in [5.41, 5.74) is 0.766. The number of hydrogen-bond donors (Lipinski definition) is 2. The number of nitrogens with one attached hydrogen (secondary N) is 2. The number of hydrogen-bond acceptors (Lipinski definition) is 4. The van der Waals surface area contributed by atoms with E-state index >= 15 is 0 Å². The molecule has 0 aromatic carbocycles. The second-order valence-electron chi connectivity index (χ2n) is 4.95. The Morgan fingerprint density at radius 2 is 2.29 bits per heavy atom. The molecule has 2 aromatic rings. The zero-order valence-electron chi connectivity index (χ0n) is 11.4. The minimum atomic E-state index is -0.134. The second kappa shape index (κ2) is 6.24. The highest BCUT2D eigenvalue weighted by molar-refractivity contribution is 7.17. The van der Waals surface area contributed by atoms with E-state index in [1.165, 1.54) is 17.4 Å². The molecule has 1 saturated heterocycles. The molecule has 1 aliphatic rings. The smallest absolute Gasteiger partial charge is 0.261 e. The van der Waals surface area contributed by atoms with Gasteiger partial charge in [0.05, 0.1) is 11.0 Å². The molecule has 0 unspecified atom stereocenters. The van der Waals surface area contributed by atoms with Crippen LogP contribution in [0.5, 0.6) is 0 Å². The Balaban J connectivity index is 1.64. The lowest BCUT2D eigenvalue weighted by Crippen LogP contribution is -2.31. The predicted octanol–water partition coefficient (Wildman–Crippen LogP) is 2.01. The fraction of sp³-hybridized carbons (Fsp3) is 0.333. The first-order chi connectivity index (χ1) is 10.2. The second-order valence-corrected chi connectivity index (χ2v) is 6.03. The van der Waals surface area contributed by atoms with E-state index in [1.807, 2.05) is 6.07 Å².